The Hall–Kier alpha value is -4.08. The van der Waals surface area contributed by atoms with Crippen molar-refractivity contribution in [3.8, 4) is 0 Å². The first-order valence-corrected chi connectivity index (χ1v) is 12.8. The van der Waals surface area contributed by atoms with Crippen LogP contribution in [0.2, 0.25) is 0 Å². The van der Waals surface area contributed by atoms with Crippen molar-refractivity contribution in [2.45, 2.75) is 38.9 Å². The third-order valence-corrected chi connectivity index (χ3v) is 6.89. The summed E-state index contributed by atoms with van der Waals surface area (Å²) in [7, 11) is 0. The zero-order valence-electron chi connectivity index (χ0n) is 21.8. The lowest BCUT2D eigenvalue weighted by molar-refractivity contribution is -0.139. The van der Waals surface area contributed by atoms with Crippen molar-refractivity contribution in [1.82, 2.24) is 10.3 Å². The number of carbonyl (C=O) groups is 2. The number of aryl methyl sites for hydroxylation is 2. The van der Waals surface area contributed by atoms with Crippen LogP contribution >= 0.6 is 0 Å². The number of alkyl halides is 3. The molecule has 3 N–H and O–H groups in total. The van der Waals surface area contributed by atoms with Gasteiger partial charge in [0.25, 0.3) is 5.91 Å². The van der Waals surface area contributed by atoms with Crippen LogP contribution in [0.15, 0.2) is 60.8 Å². The molecule has 0 aliphatic carbocycles. The topological polar surface area (TPSA) is 94.6 Å². The number of nitrogens with one attached hydrogen (secondary N) is 2. The van der Waals surface area contributed by atoms with Crippen LogP contribution in [0.3, 0.4) is 0 Å². The standard InChI is InChI=1S/C29H31F3N4O3/c1-3-21-14-22(29(30,31)32)12-18(2)26(21)27(37)35-24(28(38)39)13-19-7-9-23(10-8-19)36-16-20(17-36)15-34-25-6-4-5-11-33-25/h4-12,14,20,24H,3,13,15-17H2,1-2H3,(H,33,34)(H,35,37)(H,38,39). The molecule has 0 saturated carbocycles. The van der Waals surface area contributed by atoms with Crippen molar-refractivity contribution in [3.63, 3.8) is 0 Å². The number of hydrogen-bond acceptors (Lipinski definition) is 5. The van der Waals surface area contributed by atoms with Crippen molar-refractivity contribution >= 4 is 23.4 Å². The van der Waals surface area contributed by atoms with E-state index in [9.17, 15) is 27.9 Å². The molecule has 206 valence electrons. The van der Waals surface area contributed by atoms with E-state index in [4.69, 9.17) is 0 Å². The monoisotopic (exact) mass is 540 g/mol. The summed E-state index contributed by atoms with van der Waals surface area (Å²) in [5.41, 5.74) is 1.36. The molecular formula is C29H31F3N4O3. The summed E-state index contributed by atoms with van der Waals surface area (Å²) in [5.74, 6) is -0.589. The van der Waals surface area contributed by atoms with Crippen molar-refractivity contribution < 1.29 is 27.9 Å². The maximum atomic E-state index is 13.2. The highest BCUT2D eigenvalue weighted by atomic mass is 19.4. The van der Waals surface area contributed by atoms with Crippen molar-refractivity contribution in [2.24, 2.45) is 5.92 Å². The van der Waals surface area contributed by atoms with Gasteiger partial charge in [-0.05, 0) is 66.4 Å². The first-order valence-electron chi connectivity index (χ1n) is 12.8. The SMILES string of the molecule is CCc1cc(C(F)(F)F)cc(C)c1C(=O)NC(Cc1ccc(N2CC(CNc3ccccn3)C2)cc1)C(=O)O. The molecule has 1 atom stereocenters. The minimum absolute atomic E-state index is 0.0408. The van der Waals surface area contributed by atoms with Gasteiger partial charge in [-0.25, -0.2) is 9.78 Å². The minimum atomic E-state index is -4.53. The number of carboxylic acids is 1. The van der Waals surface area contributed by atoms with Gasteiger partial charge in [0, 0.05) is 49.4 Å². The second-order valence-corrected chi connectivity index (χ2v) is 9.78. The highest BCUT2D eigenvalue weighted by Gasteiger charge is 2.33. The summed E-state index contributed by atoms with van der Waals surface area (Å²) in [5, 5.41) is 15.6. The van der Waals surface area contributed by atoms with Gasteiger partial charge in [0.1, 0.15) is 11.9 Å². The third-order valence-electron chi connectivity index (χ3n) is 6.89. The van der Waals surface area contributed by atoms with Gasteiger partial charge < -0.3 is 20.6 Å². The maximum Gasteiger partial charge on any atom is 0.416 e. The van der Waals surface area contributed by atoms with E-state index < -0.39 is 29.7 Å². The number of hydrogen-bond donors (Lipinski definition) is 3. The highest BCUT2D eigenvalue weighted by Crippen LogP contribution is 2.32. The number of nitrogens with zero attached hydrogens (tertiary/aromatic N) is 2. The fourth-order valence-electron chi connectivity index (χ4n) is 4.76. The summed E-state index contributed by atoms with van der Waals surface area (Å²) >= 11 is 0. The van der Waals surface area contributed by atoms with Gasteiger partial charge >= 0.3 is 12.1 Å². The Labute approximate surface area is 225 Å². The lowest BCUT2D eigenvalue weighted by Crippen LogP contribution is -2.49. The summed E-state index contributed by atoms with van der Waals surface area (Å²) in [6.45, 7) is 5.67. The first kappa shape index (κ1) is 27.9. The molecule has 0 radical (unpaired) electrons. The van der Waals surface area contributed by atoms with Crippen LogP contribution in [-0.4, -0.2) is 47.6 Å². The van der Waals surface area contributed by atoms with Gasteiger partial charge in [-0.1, -0.05) is 25.1 Å². The average molecular weight is 541 g/mol. The van der Waals surface area contributed by atoms with Gasteiger partial charge in [-0.2, -0.15) is 13.2 Å². The van der Waals surface area contributed by atoms with E-state index in [-0.39, 0.29) is 29.5 Å². The number of aromatic nitrogens is 1. The second kappa shape index (κ2) is 11.8. The number of carbonyl (C=O) groups excluding carboxylic acids is 1. The van der Waals surface area contributed by atoms with Crippen LogP contribution in [0, 0.1) is 12.8 Å². The van der Waals surface area contributed by atoms with E-state index in [1.54, 1.807) is 13.1 Å². The third kappa shape index (κ3) is 6.87. The van der Waals surface area contributed by atoms with Crippen LogP contribution in [-0.2, 0) is 23.8 Å². The Morgan fingerprint density at radius 2 is 1.85 bits per heavy atom. The van der Waals surface area contributed by atoms with Gasteiger partial charge in [0.2, 0.25) is 0 Å². The highest BCUT2D eigenvalue weighted by molar-refractivity contribution is 5.99. The smallest absolute Gasteiger partial charge is 0.416 e. The quantitative estimate of drug-likeness (QED) is 0.337. The Kier molecular flexibility index (Phi) is 8.42. The van der Waals surface area contributed by atoms with E-state index >= 15 is 0 Å². The van der Waals surface area contributed by atoms with Crippen molar-refractivity contribution in [1.29, 1.82) is 0 Å². The molecule has 7 nitrogen and oxygen atoms in total. The average Bonchev–Trinajstić information content (AvgIpc) is 2.87. The number of anilines is 2. The number of rotatable bonds is 10. The van der Waals surface area contributed by atoms with E-state index in [0.717, 1.165) is 48.8 Å². The predicted octanol–water partition coefficient (Wildman–Crippen LogP) is 4.95. The van der Waals surface area contributed by atoms with Gasteiger partial charge in [0.15, 0.2) is 0 Å². The van der Waals surface area contributed by atoms with Crippen LogP contribution in [0.4, 0.5) is 24.7 Å². The normalized spacial score (nSPS) is 14.4. The van der Waals surface area contributed by atoms with Gasteiger partial charge in [0.05, 0.1) is 5.56 Å². The Morgan fingerprint density at radius 3 is 2.44 bits per heavy atom. The molecule has 1 fully saturated rings. The molecule has 1 aliphatic rings. The fraction of sp³-hybridized carbons (Fsp3) is 0.345. The summed E-state index contributed by atoms with van der Waals surface area (Å²) < 4.78 is 39.6. The lowest BCUT2D eigenvalue weighted by Gasteiger charge is -2.41. The number of benzene rings is 2. The molecule has 1 aromatic heterocycles. The zero-order valence-corrected chi connectivity index (χ0v) is 21.8. The molecule has 3 aromatic rings. The van der Waals surface area contributed by atoms with Crippen LogP contribution in [0.5, 0.6) is 0 Å². The molecule has 0 spiro atoms. The summed E-state index contributed by atoms with van der Waals surface area (Å²) in [4.78, 5) is 31.4. The van der Waals surface area contributed by atoms with Crippen LogP contribution < -0.4 is 15.5 Å². The van der Waals surface area contributed by atoms with E-state index in [1.807, 2.05) is 42.5 Å². The maximum absolute atomic E-state index is 13.2. The predicted molar refractivity (Wildman–Crippen MR) is 143 cm³/mol. The molecule has 1 aliphatic heterocycles. The molecule has 4 rings (SSSR count). The van der Waals surface area contributed by atoms with Crippen molar-refractivity contribution in [2.75, 3.05) is 29.9 Å². The lowest BCUT2D eigenvalue weighted by atomic mass is 9.95. The van der Waals surface area contributed by atoms with Crippen LogP contribution in [0.1, 0.15) is 39.5 Å². The molecule has 0 bridgehead atoms. The molecule has 1 unspecified atom stereocenters. The minimum Gasteiger partial charge on any atom is -0.480 e. The molecule has 39 heavy (non-hydrogen) atoms. The fourth-order valence-corrected chi connectivity index (χ4v) is 4.76. The summed E-state index contributed by atoms with van der Waals surface area (Å²) in [6, 6.07) is 13.9. The number of amides is 1. The van der Waals surface area contributed by atoms with Gasteiger partial charge in [-0.3, -0.25) is 4.79 Å². The molecule has 1 amide bonds. The van der Waals surface area contributed by atoms with E-state index in [1.165, 1.54) is 6.92 Å². The number of halogens is 3. The molecule has 10 heteroatoms. The molecular weight excluding hydrogens is 509 g/mol. The molecule has 2 heterocycles. The van der Waals surface area contributed by atoms with E-state index in [0.29, 0.717) is 5.92 Å². The Bertz CT molecular complexity index is 1310. The van der Waals surface area contributed by atoms with Gasteiger partial charge in [-0.15, -0.1) is 0 Å². The zero-order chi connectivity index (χ0) is 28.2. The summed E-state index contributed by atoms with van der Waals surface area (Å²) in [6.07, 6.45) is -2.55. The number of pyridine rings is 1. The second-order valence-electron chi connectivity index (χ2n) is 9.78. The first-order chi connectivity index (χ1) is 18.5. The Morgan fingerprint density at radius 1 is 1.13 bits per heavy atom. The largest absolute Gasteiger partial charge is 0.480 e. The van der Waals surface area contributed by atoms with E-state index in [2.05, 4.69) is 20.5 Å². The Balaban J connectivity index is 1.35. The van der Waals surface area contributed by atoms with Crippen molar-refractivity contribution in [3.05, 3.63) is 88.6 Å². The number of carboxylic acid groups (broad SMARTS) is 1. The van der Waals surface area contributed by atoms with Crippen LogP contribution in [0.25, 0.3) is 0 Å². The molecule has 2 aromatic carbocycles. The number of aliphatic carboxylic acids is 1. The molecule has 1 saturated heterocycles.